The first kappa shape index (κ1) is 28.8. The number of hydrogen-bond donors (Lipinski definition) is 7. The number of fused-ring (bicyclic) bond motifs is 3. The van der Waals surface area contributed by atoms with Gasteiger partial charge in [0.05, 0.1) is 17.3 Å². The molecule has 4 rings (SSSR count). The molecule has 206 valence electrons. The second kappa shape index (κ2) is 9.49. The first-order chi connectivity index (χ1) is 17.1. The number of nitrogens with one attached hydrogen (secondary N) is 1. The van der Waals surface area contributed by atoms with Gasteiger partial charge in [0.25, 0.3) is 5.91 Å². The molecule has 8 N–H and O–H groups in total. The molecule has 1 fully saturated rings. The Morgan fingerprint density at radius 2 is 1.74 bits per heavy atom. The van der Waals surface area contributed by atoms with Gasteiger partial charge in [0, 0.05) is 31.3 Å². The molecule has 1 saturated carbocycles. The van der Waals surface area contributed by atoms with Crippen LogP contribution in [0, 0.1) is 11.8 Å². The van der Waals surface area contributed by atoms with Gasteiger partial charge in [0.2, 0.25) is 5.78 Å². The Kier molecular flexibility index (Phi) is 7.18. The number of Topliss-reactive ketones (excluding diaryl/α,β-unsaturated/α-hetero) is 2. The molecule has 0 unspecified atom stereocenters. The predicted octanol–water partition coefficient (Wildman–Crippen LogP) is 0.542. The summed E-state index contributed by atoms with van der Waals surface area (Å²) in [6.45, 7) is 0. The van der Waals surface area contributed by atoms with Crippen molar-refractivity contribution in [2.24, 2.45) is 17.6 Å². The van der Waals surface area contributed by atoms with E-state index in [1.165, 1.54) is 25.1 Å². The van der Waals surface area contributed by atoms with Gasteiger partial charge >= 0.3 is 6.09 Å². The highest BCUT2D eigenvalue weighted by atomic mass is 35.5. The van der Waals surface area contributed by atoms with Crippen LogP contribution in [0.25, 0.3) is 5.76 Å². The maximum Gasteiger partial charge on any atom is 0.409 e. The van der Waals surface area contributed by atoms with Crippen molar-refractivity contribution in [2.75, 3.05) is 38.4 Å². The largest absolute Gasteiger partial charge is 0.508 e. The lowest BCUT2D eigenvalue weighted by atomic mass is 9.57. The minimum Gasteiger partial charge on any atom is -0.508 e. The lowest BCUT2D eigenvalue weighted by Gasteiger charge is -2.50. The Morgan fingerprint density at radius 1 is 1.13 bits per heavy atom. The fraction of sp³-hybridized carbons (Fsp3) is 0.417. The van der Waals surface area contributed by atoms with Gasteiger partial charge in [0.1, 0.15) is 17.1 Å². The first-order valence-corrected chi connectivity index (χ1v) is 11.3. The van der Waals surface area contributed by atoms with Crippen LogP contribution in [-0.2, 0) is 20.8 Å². The molecular formula is C24H29ClN4O9. The number of phenolic OH excluding ortho intramolecular Hbond substituents is 1. The van der Waals surface area contributed by atoms with Gasteiger partial charge < -0.3 is 36.2 Å². The number of hydrogen-bond acceptors (Lipinski definition) is 10. The second-order valence-electron chi connectivity index (χ2n) is 9.93. The standard InChI is InChI=1S/C24H28N4O9.ClH/c1-27(2)12-7-11(26-23(35)36)17(29)14-9(12)5-8-6-10-16(28(3)4)19(31)15(22(25)34)21(33)24(10,37)20(32)13(8)18(14)30;/h7-8,10,16,26,29-30,33,37H,5-6H2,1-4H3,(H2,25,34)(H,35,36);1H/t8-,10-,16-,24-;/m0./s1. The number of anilines is 2. The predicted molar refractivity (Wildman–Crippen MR) is 137 cm³/mol. The second-order valence-corrected chi connectivity index (χ2v) is 9.93. The molecule has 0 saturated heterocycles. The van der Waals surface area contributed by atoms with Crippen molar-refractivity contribution in [2.45, 2.75) is 24.5 Å². The third-order valence-corrected chi connectivity index (χ3v) is 7.42. The maximum absolute atomic E-state index is 13.8. The number of nitrogens with two attached hydrogens (primary N) is 1. The van der Waals surface area contributed by atoms with Crippen LogP contribution in [0.5, 0.6) is 5.75 Å². The van der Waals surface area contributed by atoms with E-state index in [4.69, 9.17) is 5.73 Å². The molecule has 3 aliphatic carbocycles. The van der Waals surface area contributed by atoms with Crippen molar-refractivity contribution in [1.29, 1.82) is 0 Å². The molecular weight excluding hydrogens is 524 g/mol. The molecule has 38 heavy (non-hydrogen) atoms. The monoisotopic (exact) mass is 552 g/mol. The Morgan fingerprint density at radius 3 is 2.24 bits per heavy atom. The van der Waals surface area contributed by atoms with E-state index in [1.54, 1.807) is 19.0 Å². The number of aromatic hydroxyl groups is 1. The number of benzene rings is 1. The molecule has 1 aromatic rings. The van der Waals surface area contributed by atoms with E-state index in [0.29, 0.717) is 11.3 Å². The summed E-state index contributed by atoms with van der Waals surface area (Å²) < 4.78 is 0. The number of aliphatic hydroxyl groups is 3. The molecule has 0 spiro atoms. The third kappa shape index (κ3) is 3.85. The van der Waals surface area contributed by atoms with Crippen molar-refractivity contribution >= 4 is 53.1 Å². The smallest absolute Gasteiger partial charge is 0.409 e. The van der Waals surface area contributed by atoms with E-state index in [0.717, 1.165) is 0 Å². The van der Waals surface area contributed by atoms with Gasteiger partial charge in [-0.15, -0.1) is 12.4 Å². The zero-order valence-electron chi connectivity index (χ0n) is 21.0. The normalized spacial score (nSPS) is 26.3. The van der Waals surface area contributed by atoms with Crippen molar-refractivity contribution in [1.82, 2.24) is 4.90 Å². The minimum absolute atomic E-state index is 0. The highest BCUT2D eigenvalue weighted by Gasteiger charge is 2.64. The van der Waals surface area contributed by atoms with Gasteiger partial charge in [0.15, 0.2) is 17.1 Å². The number of halogens is 1. The lowest BCUT2D eigenvalue weighted by molar-refractivity contribution is -0.153. The van der Waals surface area contributed by atoms with Crippen LogP contribution in [-0.4, -0.2) is 93.8 Å². The van der Waals surface area contributed by atoms with E-state index in [9.17, 15) is 44.7 Å². The zero-order valence-corrected chi connectivity index (χ0v) is 21.8. The third-order valence-electron chi connectivity index (χ3n) is 7.42. The Hall–Kier alpha value is -3.81. The number of likely N-dealkylation sites (N-methyl/N-ethyl adjacent to an activating group) is 1. The summed E-state index contributed by atoms with van der Waals surface area (Å²) in [7, 11) is 6.39. The fourth-order valence-electron chi connectivity index (χ4n) is 5.90. The van der Waals surface area contributed by atoms with E-state index in [-0.39, 0.29) is 42.1 Å². The maximum atomic E-state index is 13.8. The summed E-state index contributed by atoms with van der Waals surface area (Å²) in [4.78, 5) is 53.3. The van der Waals surface area contributed by atoms with Crippen LogP contribution < -0.4 is 16.0 Å². The van der Waals surface area contributed by atoms with E-state index in [2.05, 4.69) is 5.32 Å². The van der Waals surface area contributed by atoms with Crippen LogP contribution in [0.2, 0.25) is 0 Å². The summed E-state index contributed by atoms with van der Waals surface area (Å²) in [5, 5.41) is 55.9. The summed E-state index contributed by atoms with van der Waals surface area (Å²) in [6.07, 6.45) is -1.43. The number of amides is 2. The molecule has 0 aromatic heterocycles. The molecule has 0 heterocycles. The van der Waals surface area contributed by atoms with Gasteiger partial charge in [-0.2, -0.15) is 0 Å². The van der Waals surface area contributed by atoms with Crippen LogP contribution in [0.1, 0.15) is 17.5 Å². The summed E-state index contributed by atoms with van der Waals surface area (Å²) in [6, 6.07) is 0.212. The lowest BCUT2D eigenvalue weighted by Crippen LogP contribution is -2.65. The molecule has 2 amide bonds. The highest BCUT2D eigenvalue weighted by molar-refractivity contribution is 6.24. The number of rotatable bonds is 4. The number of carboxylic acid groups (broad SMARTS) is 1. The summed E-state index contributed by atoms with van der Waals surface area (Å²) in [5.41, 5.74) is 1.78. The van der Waals surface area contributed by atoms with E-state index < -0.39 is 69.9 Å². The number of carbonyl (C=O) groups is 4. The molecule has 0 radical (unpaired) electrons. The topological polar surface area (TPSA) is 214 Å². The first-order valence-electron chi connectivity index (χ1n) is 11.3. The van der Waals surface area contributed by atoms with Crippen LogP contribution in [0.4, 0.5) is 16.2 Å². The summed E-state index contributed by atoms with van der Waals surface area (Å²) >= 11 is 0. The van der Waals surface area contributed by atoms with Crippen molar-refractivity contribution < 1.29 is 44.7 Å². The number of primary amides is 1. The van der Waals surface area contributed by atoms with Crippen molar-refractivity contribution in [3.05, 3.63) is 34.1 Å². The Labute approximate surface area is 223 Å². The number of nitrogens with zero attached hydrogens (tertiary/aromatic N) is 2. The number of carbonyl (C=O) groups excluding carboxylic acids is 3. The van der Waals surface area contributed by atoms with Crippen LogP contribution in [0.15, 0.2) is 23.0 Å². The Balaban J connectivity index is 0.00000400. The molecule has 3 aliphatic rings. The quantitative estimate of drug-likeness (QED) is 0.202. The van der Waals surface area contributed by atoms with Gasteiger partial charge in [-0.1, -0.05) is 0 Å². The number of aliphatic hydroxyl groups excluding tert-OH is 2. The number of phenols is 1. The number of ketones is 2. The van der Waals surface area contributed by atoms with Crippen LogP contribution >= 0.6 is 12.4 Å². The fourth-order valence-corrected chi connectivity index (χ4v) is 5.90. The zero-order chi connectivity index (χ0) is 27.7. The van der Waals surface area contributed by atoms with E-state index >= 15 is 0 Å². The average Bonchev–Trinajstić information content (AvgIpc) is 2.77. The molecule has 13 nitrogen and oxygen atoms in total. The summed E-state index contributed by atoms with van der Waals surface area (Å²) in [5.74, 6) is -7.72. The van der Waals surface area contributed by atoms with Crippen molar-refractivity contribution in [3.63, 3.8) is 0 Å². The van der Waals surface area contributed by atoms with Crippen LogP contribution in [0.3, 0.4) is 0 Å². The Bertz CT molecular complexity index is 1340. The molecule has 14 heteroatoms. The van der Waals surface area contributed by atoms with Gasteiger partial charge in [-0.25, -0.2) is 4.79 Å². The SMILES string of the molecule is CN(C)c1cc(NC(=O)O)c(O)c2c1C[C@H]1C[C@H]3[C@H](N(C)C)C(=O)C(C(N)=O)=C(O)[C@@]3(O)C(=O)C1=C2O.Cl. The van der Waals surface area contributed by atoms with Gasteiger partial charge in [-0.05, 0) is 44.5 Å². The molecule has 0 bridgehead atoms. The van der Waals surface area contributed by atoms with Crippen molar-refractivity contribution in [3.8, 4) is 5.75 Å². The van der Waals surface area contributed by atoms with E-state index in [1.807, 2.05) is 0 Å². The highest BCUT2D eigenvalue weighted by Crippen LogP contribution is 2.54. The minimum atomic E-state index is -2.75. The molecule has 4 atom stereocenters. The molecule has 0 aliphatic heterocycles. The van der Waals surface area contributed by atoms with Gasteiger partial charge in [-0.3, -0.25) is 24.6 Å². The average molecular weight is 553 g/mol. The molecule has 1 aromatic carbocycles.